The Hall–Kier alpha value is -4.19. The summed E-state index contributed by atoms with van der Waals surface area (Å²) >= 11 is 0. The second-order valence-corrected chi connectivity index (χ2v) is 12.2. The van der Waals surface area contributed by atoms with E-state index in [0.29, 0.717) is 29.9 Å². The van der Waals surface area contributed by atoms with Gasteiger partial charge < -0.3 is 19.3 Å². The summed E-state index contributed by atoms with van der Waals surface area (Å²) < 4.78 is 52.9. The molecule has 1 aliphatic rings. The van der Waals surface area contributed by atoms with Crippen LogP contribution in [-0.4, -0.2) is 54.7 Å². The van der Waals surface area contributed by atoms with E-state index in [-0.39, 0.29) is 24.5 Å². The van der Waals surface area contributed by atoms with E-state index in [1.165, 1.54) is 17.0 Å². The van der Waals surface area contributed by atoms with Gasteiger partial charge in [0.2, 0.25) is 0 Å². The topological polar surface area (TPSA) is 107 Å². The van der Waals surface area contributed by atoms with Crippen molar-refractivity contribution in [3.8, 4) is 11.5 Å². The number of nitrogens with zero attached hydrogens (tertiary/aromatic N) is 5. The molecule has 1 N–H and O–H groups in total. The molecule has 2 aromatic carbocycles. The van der Waals surface area contributed by atoms with Crippen LogP contribution in [0, 0.1) is 12.3 Å². The third-order valence-electron chi connectivity index (χ3n) is 7.57. The van der Waals surface area contributed by atoms with Crippen molar-refractivity contribution >= 4 is 6.09 Å². The van der Waals surface area contributed by atoms with Gasteiger partial charge in [0, 0.05) is 43.2 Å². The number of aryl methyl sites for hydroxylation is 3. The minimum atomic E-state index is -4.53. The van der Waals surface area contributed by atoms with Crippen LogP contribution in [0.4, 0.5) is 18.0 Å². The molecule has 0 radical (unpaired) electrons. The second kappa shape index (κ2) is 10.8. The van der Waals surface area contributed by atoms with Crippen LogP contribution in [-0.2, 0) is 29.5 Å². The lowest BCUT2D eigenvalue weighted by Crippen LogP contribution is -2.66. The van der Waals surface area contributed by atoms with Crippen molar-refractivity contribution < 1.29 is 32.3 Å². The lowest BCUT2D eigenvalue weighted by atomic mass is 9.61. The first-order valence-corrected chi connectivity index (χ1v) is 13.9. The number of rotatable bonds is 7. The van der Waals surface area contributed by atoms with Crippen LogP contribution in [0.3, 0.4) is 0 Å². The number of aromatic nitrogens is 4. The lowest BCUT2D eigenvalue weighted by molar-refractivity contribution is -0.138. The molecule has 2 aromatic heterocycles. The Morgan fingerprint density at radius 2 is 1.72 bits per heavy atom. The molecular weight excluding hydrogens is 563 g/mol. The van der Waals surface area contributed by atoms with Crippen molar-refractivity contribution in [2.24, 2.45) is 5.41 Å². The van der Waals surface area contributed by atoms with Crippen LogP contribution < -0.4 is 0 Å². The third kappa shape index (κ3) is 6.15. The maximum Gasteiger partial charge on any atom is 0.416 e. The van der Waals surface area contributed by atoms with Gasteiger partial charge in [0.1, 0.15) is 11.2 Å². The predicted molar refractivity (Wildman–Crippen MR) is 151 cm³/mol. The molecule has 3 heterocycles. The number of benzene rings is 2. The number of aliphatic hydroxyl groups is 1. The van der Waals surface area contributed by atoms with Gasteiger partial charge in [-0.15, -0.1) is 0 Å². The highest BCUT2D eigenvalue weighted by Gasteiger charge is 2.58. The summed E-state index contributed by atoms with van der Waals surface area (Å²) in [5, 5.41) is 20.9. The Labute approximate surface area is 247 Å². The van der Waals surface area contributed by atoms with Crippen molar-refractivity contribution in [1.29, 1.82) is 0 Å². The van der Waals surface area contributed by atoms with Crippen LogP contribution in [0.2, 0.25) is 0 Å². The molecule has 1 amide bonds. The van der Waals surface area contributed by atoms with Gasteiger partial charge in [-0.25, -0.2) is 4.79 Å². The van der Waals surface area contributed by atoms with Gasteiger partial charge in [0.15, 0.2) is 5.82 Å². The molecule has 228 valence electrons. The number of ether oxygens (including phenoxy) is 1. The molecule has 0 spiro atoms. The second-order valence-electron chi connectivity index (χ2n) is 12.2. The number of hydrogen-bond donors (Lipinski definition) is 1. The number of halogens is 3. The minimum absolute atomic E-state index is 0.112. The highest BCUT2D eigenvalue weighted by Crippen LogP contribution is 2.51. The van der Waals surface area contributed by atoms with Crippen molar-refractivity contribution in [2.45, 2.75) is 65.0 Å². The summed E-state index contributed by atoms with van der Waals surface area (Å²) in [5.74, 6) is 0.711. The molecule has 0 saturated carbocycles. The van der Waals surface area contributed by atoms with Gasteiger partial charge in [-0.1, -0.05) is 36.3 Å². The monoisotopic (exact) mass is 597 g/mol. The molecule has 0 unspecified atom stereocenters. The molecular formula is C31H34F3N5O4. The minimum Gasteiger partial charge on any atom is -0.444 e. The fourth-order valence-corrected chi connectivity index (χ4v) is 5.40. The number of likely N-dealkylation sites (tertiary alicyclic amines) is 1. The quantitative estimate of drug-likeness (QED) is 0.279. The number of hydrogen-bond acceptors (Lipinski definition) is 7. The third-order valence-corrected chi connectivity index (χ3v) is 7.57. The first-order chi connectivity index (χ1) is 20.1. The van der Waals surface area contributed by atoms with Gasteiger partial charge >= 0.3 is 12.3 Å². The Balaban J connectivity index is 1.46. The number of alkyl halides is 3. The summed E-state index contributed by atoms with van der Waals surface area (Å²) in [6.07, 6.45) is -2.71. The van der Waals surface area contributed by atoms with Gasteiger partial charge in [0.25, 0.3) is 5.89 Å². The van der Waals surface area contributed by atoms with Crippen molar-refractivity contribution in [3.05, 3.63) is 89.0 Å². The van der Waals surface area contributed by atoms with E-state index in [4.69, 9.17) is 9.26 Å². The highest BCUT2D eigenvalue weighted by molar-refractivity contribution is 5.70. The van der Waals surface area contributed by atoms with Crippen LogP contribution >= 0.6 is 0 Å². The SMILES string of the molecule is Cc1ccn(CCc2noc(-c3cccc([C@@](O)(c4ccc(C(F)(F)F)cc4)C4(C)CN(C(=O)OC(C)(C)C)C4)c3)n2)n1. The van der Waals surface area contributed by atoms with E-state index in [0.717, 1.165) is 17.8 Å². The average molecular weight is 598 g/mol. The summed E-state index contributed by atoms with van der Waals surface area (Å²) in [6.45, 7) is 9.76. The van der Waals surface area contributed by atoms with Crippen LogP contribution in [0.25, 0.3) is 11.5 Å². The number of amides is 1. The Kier molecular flexibility index (Phi) is 7.62. The summed E-state index contributed by atoms with van der Waals surface area (Å²) in [7, 11) is 0. The Morgan fingerprint density at radius 3 is 2.33 bits per heavy atom. The zero-order chi connectivity index (χ0) is 31.2. The fourth-order valence-electron chi connectivity index (χ4n) is 5.40. The standard InChI is InChI=1S/C31H34F3N5O4/c1-20-13-15-39(36-20)16-14-25-35-26(43-37-25)21-7-6-8-24(17-21)30(41,22-9-11-23(12-10-22)31(32,33)34)29(5)18-38(19-29)27(40)42-28(2,3)4/h6-13,15,17,41H,14,16,18-19H2,1-5H3/t30-/m0/s1. The Morgan fingerprint density at radius 1 is 1.05 bits per heavy atom. The van der Waals surface area contributed by atoms with E-state index in [2.05, 4.69) is 15.2 Å². The first-order valence-electron chi connectivity index (χ1n) is 13.9. The zero-order valence-corrected chi connectivity index (χ0v) is 24.6. The molecule has 1 saturated heterocycles. The molecule has 4 aromatic rings. The predicted octanol–water partition coefficient (Wildman–Crippen LogP) is 6.00. The number of carbonyl (C=O) groups is 1. The van der Waals surface area contributed by atoms with Crippen LogP contribution in [0.5, 0.6) is 0 Å². The van der Waals surface area contributed by atoms with E-state index >= 15 is 0 Å². The fraction of sp³-hybridized carbons (Fsp3) is 0.419. The van der Waals surface area contributed by atoms with Gasteiger partial charge in [0.05, 0.1) is 11.3 Å². The molecule has 1 fully saturated rings. The van der Waals surface area contributed by atoms with E-state index in [1.807, 2.05) is 19.2 Å². The van der Waals surface area contributed by atoms with Crippen molar-refractivity contribution in [1.82, 2.24) is 24.8 Å². The highest BCUT2D eigenvalue weighted by atomic mass is 19.4. The largest absolute Gasteiger partial charge is 0.444 e. The molecule has 12 heteroatoms. The maximum atomic E-state index is 13.4. The van der Waals surface area contributed by atoms with Gasteiger partial charge in [-0.05, 0) is 69.2 Å². The molecule has 1 atom stereocenters. The normalized spacial score (nSPS) is 16.4. The summed E-state index contributed by atoms with van der Waals surface area (Å²) in [5.41, 5.74) is -2.19. The molecule has 0 bridgehead atoms. The van der Waals surface area contributed by atoms with E-state index in [9.17, 15) is 23.1 Å². The van der Waals surface area contributed by atoms with E-state index in [1.54, 1.807) is 56.6 Å². The van der Waals surface area contributed by atoms with Gasteiger partial charge in [-0.2, -0.15) is 23.3 Å². The van der Waals surface area contributed by atoms with Crippen LogP contribution in [0.1, 0.15) is 55.9 Å². The molecule has 0 aliphatic carbocycles. The average Bonchev–Trinajstić information content (AvgIpc) is 3.57. The Bertz CT molecular complexity index is 1600. The van der Waals surface area contributed by atoms with Crippen molar-refractivity contribution in [3.63, 3.8) is 0 Å². The van der Waals surface area contributed by atoms with Crippen LogP contribution in [0.15, 0.2) is 65.3 Å². The smallest absolute Gasteiger partial charge is 0.416 e. The van der Waals surface area contributed by atoms with Gasteiger partial charge in [-0.3, -0.25) is 4.68 Å². The summed E-state index contributed by atoms with van der Waals surface area (Å²) in [4.78, 5) is 18.7. The van der Waals surface area contributed by atoms with Crippen molar-refractivity contribution in [2.75, 3.05) is 13.1 Å². The zero-order valence-electron chi connectivity index (χ0n) is 24.6. The number of carbonyl (C=O) groups excluding carboxylic acids is 1. The molecule has 43 heavy (non-hydrogen) atoms. The lowest BCUT2D eigenvalue weighted by Gasteiger charge is -2.56. The first kappa shape index (κ1) is 30.3. The maximum absolute atomic E-state index is 13.4. The summed E-state index contributed by atoms with van der Waals surface area (Å²) in [6, 6.07) is 13.2. The molecule has 5 rings (SSSR count). The van der Waals surface area contributed by atoms with E-state index < -0.39 is 34.5 Å². The molecule has 9 nitrogen and oxygen atoms in total. The molecule has 1 aliphatic heterocycles.